The summed E-state index contributed by atoms with van der Waals surface area (Å²) < 4.78 is 10.9. The molecule has 2 aromatic rings. The van der Waals surface area contributed by atoms with Gasteiger partial charge in [-0.15, -0.1) is 0 Å². The Kier molecular flexibility index (Phi) is 5.05. The average Bonchev–Trinajstić information content (AvgIpc) is 2.48. The number of nitrogens with zero attached hydrogens (tertiary/aromatic N) is 3. The first-order valence-electron chi connectivity index (χ1n) is 6.54. The molecule has 0 aliphatic rings. The molecule has 0 atom stereocenters. The van der Waals surface area contributed by atoms with E-state index in [1.807, 2.05) is 45.3 Å². The lowest BCUT2D eigenvalue weighted by Gasteiger charge is -2.14. The van der Waals surface area contributed by atoms with Crippen LogP contribution in [0.2, 0.25) is 0 Å². The number of hydrogen-bond donors (Lipinski definition) is 0. The van der Waals surface area contributed by atoms with Crippen molar-refractivity contribution in [2.75, 3.05) is 20.7 Å². The molecule has 0 unspecified atom stereocenters. The molecule has 21 heavy (non-hydrogen) atoms. The summed E-state index contributed by atoms with van der Waals surface area (Å²) in [7, 11) is 3.67. The first kappa shape index (κ1) is 15.2. The average molecular weight is 303 g/mol. The summed E-state index contributed by atoms with van der Waals surface area (Å²) in [6, 6.07) is 7.49. The highest BCUT2D eigenvalue weighted by Crippen LogP contribution is 2.22. The third-order valence-electron chi connectivity index (χ3n) is 2.60. The van der Waals surface area contributed by atoms with Gasteiger partial charge in [0.05, 0.1) is 19.0 Å². The molecule has 1 aromatic carbocycles. The van der Waals surface area contributed by atoms with E-state index in [-0.39, 0.29) is 0 Å². The molecule has 0 N–H and O–H groups in total. The van der Waals surface area contributed by atoms with E-state index in [2.05, 4.69) is 9.97 Å². The van der Waals surface area contributed by atoms with Gasteiger partial charge in [0.1, 0.15) is 5.75 Å². The number of aromatic nitrogens is 2. The predicted molar refractivity (Wildman–Crippen MR) is 85.6 cm³/mol. The summed E-state index contributed by atoms with van der Waals surface area (Å²) in [4.78, 5) is 10.3. The van der Waals surface area contributed by atoms with Crippen molar-refractivity contribution < 1.29 is 9.47 Å². The maximum atomic E-state index is 5.58. The fourth-order valence-electron chi connectivity index (χ4n) is 1.60. The number of ether oxygens (including phenoxy) is 2. The molecule has 5 nitrogen and oxygen atoms in total. The molecule has 0 aliphatic heterocycles. The Morgan fingerprint density at radius 3 is 2.52 bits per heavy atom. The summed E-state index contributed by atoms with van der Waals surface area (Å²) in [6.45, 7) is 2.51. The molecule has 0 fully saturated rings. The lowest BCUT2D eigenvalue weighted by atomic mass is 10.2. The number of rotatable bonds is 4. The zero-order valence-electron chi connectivity index (χ0n) is 12.2. The van der Waals surface area contributed by atoms with Gasteiger partial charge < -0.3 is 14.4 Å². The van der Waals surface area contributed by atoms with Crippen LogP contribution in [0.1, 0.15) is 6.92 Å². The van der Waals surface area contributed by atoms with E-state index >= 15 is 0 Å². The molecule has 0 saturated carbocycles. The largest absolute Gasteiger partial charge is 0.491 e. The number of hydrogen-bond acceptors (Lipinski definition) is 5. The minimum Gasteiger partial charge on any atom is -0.491 e. The number of thiocarbonyl (C=S) groups is 1. The zero-order chi connectivity index (χ0) is 15.2. The Morgan fingerprint density at radius 2 is 1.90 bits per heavy atom. The van der Waals surface area contributed by atoms with Crippen molar-refractivity contribution in [1.29, 1.82) is 0 Å². The smallest absolute Gasteiger partial charge is 0.264 e. The molecule has 2 rings (SSSR count). The SMILES string of the molecule is CCOc1cnc(-c2cccc(OC(=S)N(C)C)c2)nc1. The molecule has 1 aromatic heterocycles. The Labute approximate surface area is 129 Å². The third kappa shape index (κ3) is 4.13. The van der Waals surface area contributed by atoms with Crippen LogP contribution >= 0.6 is 12.2 Å². The van der Waals surface area contributed by atoms with E-state index in [0.717, 1.165) is 5.56 Å². The highest BCUT2D eigenvalue weighted by Gasteiger charge is 2.06. The van der Waals surface area contributed by atoms with Crippen LogP contribution in [-0.4, -0.2) is 40.7 Å². The fraction of sp³-hybridized carbons (Fsp3) is 0.267. The van der Waals surface area contributed by atoms with Crippen LogP contribution in [0.25, 0.3) is 11.4 Å². The summed E-state index contributed by atoms with van der Waals surface area (Å²) >= 11 is 5.12. The Balaban J connectivity index is 2.18. The van der Waals surface area contributed by atoms with Crippen molar-refractivity contribution in [1.82, 2.24) is 14.9 Å². The van der Waals surface area contributed by atoms with Crippen molar-refractivity contribution in [3.05, 3.63) is 36.7 Å². The van der Waals surface area contributed by atoms with E-state index < -0.39 is 0 Å². The third-order valence-corrected chi connectivity index (χ3v) is 3.05. The second-order valence-electron chi connectivity index (χ2n) is 4.47. The first-order chi connectivity index (χ1) is 10.1. The summed E-state index contributed by atoms with van der Waals surface area (Å²) in [6.07, 6.45) is 3.31. The van der Waals surface area contributed by atoms with E-state index in [9.17, 15) is 0 Å². The Hall–Kier alpha value is -2.21. The maximum Gasteiger partial charge on any atom is 0.264 e. The Bertz CT molecular complexity index is 615. The van der Waals surface area contributed by atoms with E-state index in [1.165, 1.54) is 0 Å². The summed E-state index contributed by atoms with van der Waals surface area (Å²) in [5.74, 6) is 1.92. The van der Waals surface area contributed by atoms with Crippen molar-refractivity contribution in [2.24, 2.45) is 0 Å². The van der Waals surface area contributed by atoms with Gasteiger partial charge in [0.25, 0.3) is 5.17 Å². The van der Waals surface area contributed by atoms with Crippen molar-refractivity contribution in [3.8, 4) is 22.9 Å². The van der Waals surface area contributed by atoms with Crippen molar-refractivity contribution >= 4 is 17.4 Å². The van der Waals surface area contributed by atoms with Gasteiger partial charge in [0, 0.05) is 19.7 Å². The van der Waals surface area contributed by atoms with Gasteiger partial charge in [0.15, 0.2) is 11.6 Å². The van der Waals surface area contributed by atoms with Crippen LogP contribution < -0.4 is 9.47 Å². The van der Waals surface area contributed by atoms with Gasteiger partial charge in [-0.1, -0.05) is 12.1 Å². The molecule has 0 aliphatic carbocycles. The lowest BCUT2D eigenvalue weighted by Crippen LogP contribution is -2.24. The molecule has 110 valence electrons. The molecular formula is C15H17N3O2S. The summed E-state index contributed by atoms with van der Waals surface area (Å²) in [5, 5.41) is 0.403. The normalized spacial score (nSPS) is 10.0. The molecule has 0 saturated heterocycles. The molecule has 6 heteroatoms. The van der Waals surface area contributed by atoms with Crippen LogP contribution in [0.15, 0.2) is 36.7 Å². The van der Waals surface area contributed by atoms with Gasteiger partial charge >= 0.3 is 0 Å². The van der Waals surface area contributed by atoms with Gasteiger partial charge in [-0.3, -0.25) is 0 Å². The highest BCUT2D eigenvalue weighted by molar-refractivity contribution is 7.80. The van der Waals surface area contributed by atoms with Gasteiger partial charge in [0.2, 0.25) is 0 Å². The van der Waals surface area contributed by atoms with Gasteiger partial charge in [-0.25, -0.2) is 9.97 Å². The predicted octanol–water partition coefficient (Wildman–Crippen LogP) is 2.77. The fourth-order valence-corrected chi connectivity index (χ4v) is 1.69. The van der Waals surface area contributed by atoms with Crippen LogP contribution in [-0.2, 0) is 0 Å². The number of benzene rings is 1. The minimum absolute atomic E-state index is 0.403. The Morgan fingerprint density at radius 1 is 1.19 bits per heavy atom. The van der Waals surface area contributed by atoms with Crippen molar-refractivity contribution in [2.45, 2.75) is 6.92 Å². The van der Waals surface area contributed by atoms with Crippen LogP contribution in [0.4, 0.5) is 0 Å². The van der Waals surface area contributed by atoms with E-state index in [1.54, 1.807) is 17.3 Å². The lowest BCUT2D eigenvalue weighted by molar-refractivity contribution is 0.337. The highest BCUT2D eigenvalue weighted by atomic mass is 32.1. The molecular weight excluding hydrogens is 286 g/mol. The zero-order valence-corrected chi connectivity index (χ0v) is 13.1. The molecule has 0 bridgehead atoms. The first-order valence-corrected chi connectivity index (χ1v) is 6.95. The van der Waals surface area contributed by atoms with Crippen molar-refractivity contribution in [3.63, 3.8) is 0 Å². The van der Waals surface area contributed by atoms with Gasteiger partial charge in [-0.2, -0.15) is 0 Å². The van der Waals surface area contributed by atoms with E-state index in [4.69, 9.17) is 21.7 Å². The quantitative estimate of drug-likeness (QED) is 0.810. The maximum absolute atomic E-state index is 5.58. The molecule has 0 radical (unpaired) electrons. The molecule has 0 spiro atoms. The van der Waals surface area contributed by atoms with Crippen LogP contribution in [0.5, 0.6) is 11.5 Å². The summed E-state index contributed by atoms with van der Waals surface area (Å²) in [5.41, 5.74) is 0.858. The second-order valence-corrected chi connectivity index (χ2v) is 4.81. The monoisotopic (exact) mass is 303 g/mol. The van der Waals surface area contributed by atoms with Crippen LogP contribution in [0.3, 0.4) is 0 Å². The van der Waals surface area contributed by atoms with Crippen LogP contribution in [0, 0.1) is 0 Å². The topological polar surface area (TPSA) is 47.5 Å². The standard InChI is InChI=1S/C15H17N3O2S/c1-4-19-13-9-16-14(17-10-13)11-6-5-7-12(8-11)20-15(21)18(2)3/h5-10H,4H2,1-3H3. The second kappa shape index (κ2) is 6.99. The molecule has 0 amide bonds. The minimum atomic E-state index is 0.403. The van der Waals surface area contributed by atoms with E-state index in [0.29, 0.717) is 29.1 Å². The molecule has 1 heterocycles. The van der Waals surface area contributed by atoms with Gasteiger partial charge in [-0.05, 0) is 31.3 Å².